The van der Waals surface area contributed by atoms with E-state index in [9.17, 15) is 13.2 Å². The zero-order valence-corrected chi connectivity index (χ0v) is 23.2. The zero-order chi connectivity index (χ0) is 25.3. The number of amides is 1. The fourth-order valence-electron chi connectivity index (χ4n) is 4.33. The summed E-state index contributed by atoms with van der Waals surface area (Å²) in [6, 6.07) is 21.9. The molecule has 186 valence electrons. The Bertz CT molecular complexity index is 1490. The molecule has 2 heterocycles. The molecule has 0 N–H and O–H groups in total. The van der Waals surface area contributed by atoms with Crippen LogP contribution in [0.4, 0.5) is 5.13 Å². The predicted molar refractivity (Wildman–Crippen MR) is 148 cm³/mol. The molecule has 6 nitrogen and oxygen atoms in total. The van der Waals surface area contributed by atoms with E-state index in [-0.39, 0.29) is 29.8 Å². The molecule has 4 aromatic rings. The van der Waals surface area contributed by atoms with Crippen molar-refractivity contribution in [2.75, 3.05) is 18.0 Å². The first-order valence-corrected chi connectivity index (χ1v) is 14.9. The Hall–Kier alpha value is -2.30. The molecule has 3 aromatic carbocycles. The Kier molecular flexibility index (Phi) is 7.46. The van der Waals surface area contributed by atoms with Gasteiger partial charge in [-0.05, 0) is 60.9 Å². The van der Waals surface area contributed by atoms with Crippen molar-refractivity contribution >= 4 is 70.1 Å². The second-order valence-corrected chi connectivity index (χ2v) is 12.9. The van der Waals surface area contributed by atoms with Crippen molar-refractivity contribution in [3.8, 4) is 0 Å². The van der Waals surface area contributed by atoms with Crippen molar-refractivity contribution in [2.45, 2.75) is 24.3 Å². The summed E-state index contributed by atoms with van der Waals surface area (Å²) in [4.78, 5) is 20.5. The average molecular weight is 605 g/mol. The van der Waals surface area contributed by atoms with E-state index in [0.717, 1.165) is 20.3 Å². The number of piperidine rings is 1. The van der Waals surface area contributed by atoms with Gasteiger partial charge in [-0.15, -0.1) is 0 Å². The number of carbonyl (C=O) groups is 1. The number of hydrogen-bond donors (Lipinski definition) is 0. The van der Waals surface area contributed by atoms with Crippen LogP contribution in [0.25, 0.3) is 10.2 Å². The smallest absolute Gasteiger partial charge is 0.243 e. The standard InChI is InChI=1S/C26H23BrClN3O3S2/c27-20-6-11-23-24(16-20)35-26(29-23)31(17-18-4-2-1-3-5-18)25(32)19-12-14-30(15-13-19)36(33,34)22-9-7-21(28)8-10-22/h1-11,16,19H,12-15,17H2. The first-order chi connectivity index (χ1) is 17.3. The lowest BCUT2D eigenvalue weighted by atomic mass is 9.96. The SMILES string of the molecule is O=C(C1CCN(S(=O)(=O)c2ccc(Cl)cc2)CC1)N(Cc1ccccc1)c1nc2ccc(Br)cc2s1. The molecule has 5 rings (SSSR count). The van der Waals surface area contributed by atoms with Crippen molar-refractivity contribution in [2.24, 2.45) is 5.92 Å². The highest BCUT2D eigenvalue weighted by Gasteiger charge is 2.35. The number of anilines is 1. The molecule has 1 aliphatic rings. The molecule has 0 aliphatic carbocycles. The molecule has 0 unspecified atom stereocenters. The molecular weight excluding hydrogens is 582 g/mol. The summed E-state index contributed by atoms with van der Waals surface area (Å²) in [5.41, 5.74) is 1.85. The molecule has 1 aromatic heterocycles. The molecule has 1 aliphatic heterocycles. The van der Waals surface area contributed by atoms with Gasteiger partial charge >= 0.3 is 0 Å². The Morgan fingerprint density at radius 3 is 2.44 bits per heavy atom. The van der Waals surface area contributed by atoms with E-state index in [4.69, 9.17) is 16.6 Å². The molecule has 0 bridgehead atoms. The van der Waals surface area contributed by atoms with Crippen molar-refractivity contribution < 1.29 is 13.2 Å². The molecule has 0 radical (unpaired) electrons. The number of carbonyl (C=O) groups excluding carboxylic acids is 1. The lowest BCUT2D eigenvalue weighted by Crippen LogP contribution is -2.44. The van der Waals surface area contributed by atoms with E-state index in [1.165, 1.54) is 27.8 Å². The van der Waals surface area contributed by atoms with Gasteiger partial charge in [0.1, 0.15) is 0 Å². The second kappa shape index (κ2) is 10.6. The Morgan fingerprint density at radius 2 is 1.75 bits per heavy atom. The van der Waals surface area contributed by atoms with Crippen LogP contribution in [0, 0.1) is 5.92 Å². The molecule has 10 heteroatoms. The number of sulfonamides is 1. The van der Waals surface area contributed by atoms with Gasteiger partial charge < -0.3 is 0 Å². The number of rotatable bonds is 6. The number of thiazole rings is 1. The van der Waals surface area contributed by atoms with Gasteiger partial charge in [0.05, 0.1) is 21.7 Å². The van der Waals surface area contributed by atoms with Gasteiger partial charge in [-0.2, -0.15) is 4.31 Å². The van der Waals surface area contributed by atoms with Crippen LogP contribution in [0.3, 0.4) is 0 Å². The Labute approximate surface area is 227 Å². The molecule has 36 heavy (non-hydrogen) atoms. The minimum absolute atomic E-state index is 0.0273. The Morgan fingerprint density at radius 1 is 1.06 bits per heavy atom. The maximum absolute atomic E-state index is 13.8. The molecular formula is C26H23BrClN3O3S2. The van der Waals surface area contributed by atoms with Gasteiger partial charge in [0.25, 0.3) is 0 Å². The number of fused-ring (bicyclic) bond motifs is 1. The first kappa shape index (κ1) is 25.4. The molecule has 1 amide bonds. The molecule has 1 saturated heterocycles. The van der Waals surface area contributed by atoms with Crippen LogP contribution < -0.4 is 4.90 Å². The van der Waals surface area contributed by atoms with E-state index in [0.29, 0.717) is 29.5 Å². The maximum atomic E-state index is 13.8. The summed E-state index contributed by atoms with van der Waals surface area (Å²) >= 11 is 10.9. The van der Waals surface area contributed by atoms with Crippen molar-refractivity contribution in [3.63, 3.8) is 0 Å². The fraction of sp³-hybridized carbons (Fsp3) is 0.231. The van der Waals surface area contributed by atoms with E-state index in [1.54, 1.807) is 17.0 Å². The minimum atomic E-state index is -3.64. The molecule has 0 atom stereocenters. The predicted octanol–water partition coefficient (Wildman–Crippen LogP) is 6.35. The van der Waals surface area contributed by atoms with Gasteiger partial charge in [0.2, 0.25) is 15.9 Å². The fourth-order valence-corrected chi connectivity index (χ4v) is 7.44. The lowest BCUT2D eigenvalue weighted by Gasteiger charge is -2.33. The third-order valence-corrected chi connectivity index (χ3v) is 9.97. The summed E-state index contributed by atoms with van der Waals surface area (Å²) in [6.45, 7) is 0.977. The summed E-state index contributed by atoms with van der Waals surface area (Å²) < 4.78 is 29.6. The minimum Gasteiger partial charge on any atom is -0.283 e. The van der Waals surface area contributed by atoms with Crippen LogP contribution in [-0.4, -0.2) is 36.7 Å². The third kappa shape index (κ3) is 5.35. The Balaban J connectivity index is 1.37. The van der Waals surface area contributed by atoms with Gasteiger partial charge in [0.15, 0.2) is 5.13 Å². The highest BCUT2D eigenvalue weighted by Crippen LogP contribution is 2.34. The van der Waals surface area contributed by atoms with Crippen molar-refractivity contribution in [1.82, 2.24) is 9.29 Å². The van der Waals surface area contributed by atoms with Gasteiger partial charge in [-0.1, -0.05) is 69.2 Å². The van der Waals surface area contributed by atoms with Crippen LogP contribution in [0.15, 0.2) is 82.2 Å². The van der Waals surface area contributed by atoms with E-state index in [1.807, 2.05) is 48.5 Å². The maximum Gasteiger partial charge on any atom is 0.243 e. The van der Waals surface area contributed by atoms with Gasteiger partial charge in [-0.3, -0.25) is 9.69 Å². The number of benzene rings is 3. The first-order valence-electron chi connectivity index (χ1n) is 11.5. The third-order valence-electron chi connectivity index (χ3n) is 6.27. The number of aromatic nitrogens is 1. The van der Waals surface area contributed by atoms with Crippen LogP contribution in [-0.2, 0) is 21.4 Å². The lowest BCUT2D eigenvalue weighted by molar-refractivity contribution is -0.123. The normalized spacial score (nSPS) is 15.3. The quantitative estimate of drug-likeness (QED) is 0.257. The largest absolute Gasteiger partial charge is 0.283 e. The van der Waals surface area contributed by atoms with Crippen molar-refractivity contribution in [3.05, 3.63) is 87.9 Å². The van der Waals surface area contributed by atoms with Crippen LogP contribution >= 0.6 is 38.9 Å². The summed E-state index contributed by atoms with van der Waals surface area (Å²) in [5.74, 6) is -0.315. The van der Waals surface area contributed by atoms with Crippen LogP contribution in [0.2, 0.25) is 5.02 Å². The summed E-state index contributed by atoms with van der Waals surface area (Å²) in [5, 5.41) is 1.13. The highest BCUT2D eigenvalue weighted by atomic mass is 79.9. The summed E-state index contributed by atoms with van der Waals surface area (Å²) in [6.07, 6.45) is 0.904. The zero-order valence-electron chi connectivity index (χ0n) is 19.2. The highest BCUT2D eigenvalue weighted by molar-refractivity contribution is 9.10. The van der Waals surface area contributed by atoms with Crippen LogP contribution in [0.1, 0.15) is 18.4 Å². The van der Waals surface area contributed by atoms with E-state index >= 15 is 0 Å². The van der Waals surface area contributed by atoms with Gasteiger partial charge in [0, 0.05) is 28.5 Å². The number of hydrogen-bond acceptors (Lipinski definition) is 5. The van der Waals surface area contributed by atoms with E-state index < -0.39 is 10.0 Å². The molecule has 0 spiro atoms. The van der Waals surface area contributed by atoms with E-state index in [2.05, 4.69) is 15.9 Å². The van der Waals surface area contributed by atoms with Crippen LogP contribution in [0.5, 0.6) is 0 Å². The number of halogens is 2. The summed E-state index contributed by atoms with van der Waals surface area (Å²) in [7, 11) is -3.64. The monoisotopic (exact) mass is 603 g/mol. The second-order valence-electron chi connectivity index (χ2n) is 8.65. The average Bonchev–Trinajstić information content (AvgIpc) is 3.31. The number of nitrogens with zero attached hydrogens (tertiary/aromatic N) is 3. The molecule has 1 fully saturated rings. The van der Waals surface area contributed by atoms with Gasteiger partial charge in [-0.25, -0.2) is 13.4 Å². The topological polar surface area (TPSA) is 70.6 Å². The molecule has 0 saturated carbocycles. The van der Waals surface area contributed by atoms with Crippen molar-refractivity contribution in [1.29, 1.82) is 0 Å².